The number of halogens is 2. The van der Waals surface area contributed by atoms with E-state index in [1.807, 2.05) is 0 Å². The molecule has 0 bridgehead atoms. The molecule has 2 fully saturated rings. The van der Waals surface area contributed by atoms with Crippen molar-refractivity contribution in [2.75, 3.05) is 23.0 Å². The smallest absolute Gasteiger partial charge is 0.315 e. The van der Waals surface area contributed by atoms with Crippen molar-refractivity contribution >= 4 is 48.9 Å². The number of urea groups is 1. The quantitative estimate of drug-likeness (QED) is 0.616. The first kappa shape index (κ1) is 16.1. The fourth-order valence-electron chi connectivity index (χ4n) is 2.25. The first-order valence-corrected chi connectivity index (χ1v) is 10.4. The molecule has 2 amide bonds. The van der Waals surface area contributed by atoms with Crippen molar-refractivity contribution in [3.8, 4) is 0 Å². The van der Waals surface area contributed by atoms with Crippen LogP contribution in [0.5, 0.6) is 0 Å². The normalized spacial score (nSPS) is 38.5. The molecule has 2 rings (SSSR count). The molecule has 0 aromatic carbocycles. The van der Waals surface area contributed by atoms with E-state index in [-0.39, 0.29) is 23.0 Å². The summed E-state index contributed by atoms with van der Waals surface area (Å²) < 4.78 is 45.4. The Morgan fingerprint density at radius 3 is 1.40 bits per heavy atom. The first-order chi connectivity index (χ1) is 9.08. The molecule has 2 N–H and O–H groups in total. The summed E-state index contributed by atoms with van der Waals surface area (Å²) in [6.07, 6.45) is 0. The lowest BCUT2D eigenvalue weighted by Crippen LogP contribution is -2.51. The van der Waals surface area contributed by atoms with Crippen LogP contribution in [0.4, 0.5) is 4.79 Å². The van der Waals surface area contributed by atoms with E-state index in [4.69, 9.17) is 23.2 Å². The molecule has 0 aromatic heterocycles. The number of rotatable bonds is 2. The fourth-order valence-corrected chi connectivity index (χ4v) is 7.35. The Kier molecular flexibility index (Phi) is 4.44. The monoisotopic (exact) mass is 364 g/mol. The van der Waals surface area contributed by atoms with Crippen LogP contribution in [0.2, 0.25) is 0 Å². The highest BCUT2D eigenvalue weighted by Gasteiger charge is 2.40. The molecular formula is C9H14Cl2N2O5S2. The molecular weight excluding hydrogens is 351 g/mol. The van der Waals surface area contributed by atoms with Crippen LogP contribution >= 0.6 is 23.2 Å². The van der Waals surface area contributed by atoms with Gasteiger partial charge in [-0.1, -0.05) is 0 Å². The van der Waals surface area contributed by atoms with Crippen LogP contribution in [-0.2, 0) is 19.7 Å². The Morgan fingerprint density at radius 1 is 0.800 bits per heavy atom. The predicted octanol–water partition coefficient (Wildman–Crippen LogP) is -0.906. The lowest BCUT2D eigenvalue weighted by Gasteiger charge is -2.19. The average molecular weight is 365 g/mol. The minimum atomic E-state index is -3.24. The molecule has 0 aromatic rings. The molecule has 0 unspecified atom stereocenters. The SMILES string of the molecule is O=C(N[C@H]1CS(=O)(=O)C[C@H]1Cl)N[C@@H]1CS(=O)(=O)C[C@@H]1Cl. The van der Waals surface area contributed by atoms with Gasteiger partial charge in [0.1, 0.15) is 0 Å². The molecule has 11 heteroatoms. The number of hydrogen-bond acceptors (Lipinski definition) is 5. The van der Waals surface area contributed by atoms with Gasteiger partial charge in [-0.15, -0.1) is 23.2 Å². The van der Waals surface area contributed by atoms with Crippen LogP contribution in [0, 0.1) is 0 Å². The van der Waals surface area contributed by atoms with E-state index in [2.05, 4.69) is 10.6 Å². The van der Waals surface area contributed by atoms with Crippen molar-refractivity contribution in [1.29, 1.82) is 0 Å². The molecule has 4 atom stereocenters. The van der Waals surface area contributed by atoms with Gasteiger partial charge in [0.25, 0.3) is 0 Å². The van der Waals surface area contributed by atoms with Crippen molar-refractivity contribution in [2.45, 2.75) is 22.8 Å². The summed E-state index contributed by atoms with van der Waals surface area (Å²) >= 11 is 11.7. The first-order valence-electron chi connectivity index (χ1n) is 5.84. The largest absolute Gasteiger partial charge is 0.333 e. The van der Waals surface area contributed by atoms with Crippen molar-refractivity contribution in [2.24, 2.45) is 0 Å². The summed E-state index contributed by atoms with van der Waals surface area (Å²) in [5.74, 6) is -0.811. The van der Waals surface area contributed by atoms with Crippen LogP contribution in [0.1, 0.15) is 0 Å². The van der Waals surface area contributed by atoms with E-state index < -0.39 is 48.5 Å². The Balaban J connectivity index is 1.91. The van der Waals surface area contributed by atoms with Crippen molar-refractivity contribution in [3.63, 3.8) is 0 Å². The summed E-state index contributed by atoms with van der Waals surface area (Å²) in [5.41, 5.74) is 0. The van der Waals surface area contributed by atoms with Crippen molar-refractivity contribution < 1.29 is 21.6 Å². The summed E-state index contributed by atoms with van der Waals surface area (Å²) in [4.78, 5) is 11.7. The maximum Gasteiger partial charge on any atom is 0.315 e. The molecule has 2 heterocycles. The van der Waals surface area contributed by atoms with Gasteiger partial charge < -0.3 is 10.6 Å². The summed E-state index contributed by atoms with van der Waals surface area (Å²) in [6, 6.07) is -2.03. The highest BCUT2D eigenvalue weighted by molar-refractivity contribution is 7.92. The van der Waals surface area contributed by atoms with E-state index in [1.54, 1.807) is 0 Å². The topological polar surface area (TPSA) is 109 Å². The molecule has 116 valence electrons. The van der Waals surface area contributed by atoms with Gasteiger partial charge in [0.2, 0.25) is 0 Å². The zero-order valence-corrected chi connectivity index (χ0v) is 13.4. The number of alkyl halides is 2. The molecule has 20 heavy (non-hydrogen) atoms. The molecule has 2 saturated heterocycles. The second-order valence-electron chi connectivity index (χ2n) is 5.02. The summed E-state index contributed by atoms with van der Waals surface area (Å²) in [7, 11) is -6.49. The number of amides is 2. The molecule has 0 aliphatic carbocycles. The zero-order chi connectivity index (χ0) is 15.1. The Hall–Kier alpha value is -0.250. The van der Waals surface area contributed by atoms with E-state index >= 15 is 0 Å². The lowest BCUT2D eigenvalue weighted by molar-refractivity contribution is 0.235. The standard InChI is InChI=1S/C9H14Cl2N2O5S2/c10-5-1-19(15,16)3-7(5)12-9(14)13-8-4-20(17,18)2-6(8)11/h5-8H,1-4H2,(H2,12,13,14)/t5-,6+,7+,8-. The Bertz CT molecular complexity index is 554. The van der Waals surface area contributed by atoms with Gasteiger partial charge in [-0.05, 0) is 0 Å². The van der Waals surface area contributed by atoms with Crippen molar-refractivity contribution in [1.82, 2.24) is 10.6 Å². The second-order valence-corrected chi connectivity index (χ2v) is 10.4. The summed E-state index contributed by atoms with van der Waals surface area (Å²) in [5, 5.41) is 3.51. The maximum atomic E-state index is 11.7. The average Bonchev–Trinajstić information content (AvgIpc) is 2.62. The van der Waals surface area contributed by atoms with Crippen LogP contribution in [-0.4, -0.2) is 68.7 Å². The Morgan fingerprint density at radius 2 is 1.15 bits per heavy atom. The Labute approximate surface area is 127 Å². The number of carbonyl (C=O) groups is 1. The predicted molar refractivity (Wildman–Crippen MR) is 75.8 cm³/mol. The minimum Gasteiger partial charge on any atom is -0.333 e. The van der Waals surface area contributed by atoms with Crippen LogP contribution < -0.4 is 10.6 Å². The molecule has 0 spiro atoms. The number of carbonyl (C=O) groups excluding carboxylic acids is 1. The van der Waals surface area contributed by atoms with Gasteiger partial charge in [0.15, 0.2) is 19.7 Å². The van der Waals surface area contributed by atoms with Crippen LogP contribution in [0.3, 0.4) is 0 Å². The van der Waals surface area contributed by atoms with Gasteiger partial charge >= 0.3 is 6.03 Å². The maximum absolute atomic E-state index is 11.7. The second kappa shape index (κ2) is 5.51. The molecule has 0 radical (unpaired) electrons. The number of hydrogen-bond donors (Lipinski definition) is 2. The van der Waals surface area contributed by atoms with E-state index in [1.165, 1.54) is 0 Å². The summed E-state index contributed by atoms with van der Waals surface area (Å²) in [6.45, 7) is 0. The third-order valence-electron chi connectivity index (χ3n) is 3.20. The van der Waals surface area contributed by atoms with Gasteiger partial charge in [-0.2, -0.15) is 0 Å². The van der Waals surface area contributed by atoms with Crippen LogP contribution in [0.25, 0.3) is 0 Å². The lowest BCUT2D eigenvalue weighted by atomic mass is 10.2. The van der Waals surface area contributed by atoms with Gasteiger partial charge in [0, 0.05) is 0 Å². The fraction of sp³-hybridized carbons (Fsp3) is 0.889. The zero-order valence-electron chi connectivity index (χ0n) is 10.3. The number of nitrogens with one attached hydrogen (secondary N) is 2. The highest BCUT2D eigenvalue weighted by atomic mass is 35.5. The minimum absolute atomic E-state index is 0.185. The molecule has 2 aliphatic heterocycles. The molecule has 2 aliphatic rings. The van der Waals surface area contributed by atoms with E-state index in [0.717, 1.165) is 0 Å². The molecule has 0 saturated carbocycles. The van der Waals surface area contributed by atoms with Gasteiger partial charge in [-0.3, -0.25) is 0 Å². The highest BCUT2D eigenvalue weighted by Crippen LogP contribution is 2.19. The van der Waals surface area contributed by atoms with Crippen LogP contribution in [0.15, 0.2) is 0 Å². The van der Waals surface area contributed by atoms with E-state index in [9.17, 15) is 21.6 Å². The third-order valence-corrected chi connectivity index (χ3v) is 7.95. The van der Waals surface area contributed by atoms with E-state index in [0.29, 0.717) is 0 Å². The van der Waals surface area contributed by atoms with Gasteiger partial charge in [-0.25, -0.2) is 21.6 Å². The number of sulfone groups is 2. The third kappa shape index (κ3) is 3.90. The van der Waals surface area contributed by atoms with Gasteiger partial charge in [0.05, 0.1) is 45.8 Å². The van der Waals surface area contributed by atoms with Crippen molar-refractivity contribution in [3.05, 3.63) is 0 Å². The molecule has 7 nitrogen and oxygen atoms in total.